The van der Waals surface area contributed by atoms with Crippen LogP contribution < -0.4 is 10.9 Å². The van der Waals surface area contributed by atoms with Gasteiger partial charge in [-0.15, -0.1) is 0 Å². The molecule has 2 N–H and O–H groups in total. The second-order valence-electron chi connectivity index (χ2n) is 4.09. The van der Waals surface area contributed by atoms with Crippen LogP contribution in [0.1, 0.15) is 24.2 Å². The van der Waals surface area contributed by atoms with Crippen LogP contribution in [0.15, 0.2) is 23.1 Å². The van der Waals surface area contributed by atoms with Crippen LogP contribution in [-0.2, 0) is 0 Å². The van der Waals surface area contributed by atoms with Crippen molar-refractivity contribution in [3.05, 3.63) is 34.2 Å². The number of carbonyl (C=O) groups is 1. The smallest absolute Gasteiger partial charge is 0.251 e. The number of hydrogen-bond donors (Lipinski definition) is 2. The number of amides is 1. The summed E-state index contributed by atoms with van der Waals surface area (Å²) in [7, 11) is 0. The number of hydrogen-bond acceptors (Lipinski definition) is 3. The lowest BCUT2D eigenvalue weighted by Crippen LogP contribution is -2.36. The number of thioether (sulfide) groups is 1. The standard InChI is InChI=1S/C11H16N2O2S/c1-11(2,16-3)7-13-10(15)8-4-5-12-9(14)6-8/h4-6H,7H2,1-3H3,(H,12,14)(H,13,15). The minimum absolute atomic E-state index is 0.00312. The second-order valence-corrected chi connectivity index (χ2v) is 5.60. The van der Waals surface area contributed by atoms with E-state index in [0.717, 1.165) is 0 Å². The summed E-state index contributed by atoms with van der Waals surface area (Å²) in [4.78, 5) is 25.2. The third kappa shape index (κ3) is 3.73. The minimum atomic E-state index is -0.267. The highest BCUT2D eigenvalue weighted by Crippen LogP contribution is 2.19. The van der Waals surface area contributed by atoms with E-state index in [1.54, 1.807) is 17.8 Å². The van der Waals surface area contributed by atoms with Gasteiger partial charge in [0.15, 0.2) is 0 Å². The molecular weight excluding hydrogens is 224 g/mol. The summed E-state index contributed by atoms with van der Waals surface area (Å²) in [5.41, 5.74) is 0.123. The molecule has 1 rings (SSSR count). The third-order valence-corrected chi connectivity index (χ3v) is 3.51. The van der Waals surface area contributed by atoms with Crippen LogP contribution in [0, 0.1) is 0 Å². The molecule has 0 saturated carbocycles. The van der Waals surface area contributed by atoms with Crippen molar-refractivity contribution in [2.45, 2.75) is 18.6 Å². The number of carbonyl (C=O) groups excluding carboxylic acids is 1. The lowest BCUT2D eigenvalue weighted by molar-refractivity contribution is 0.0950. The lowest BCUT2D eigenvalue weighted by atomic mass is 10.2. The Morgan fingerprint density at radius 2 is 2.25 bits per heavy atom. The van der Waals surface area contributed by atoms with Gasteiger partial charge in [-0.25, -0.2) is 0 Å². The van der Waals surface area contributed by atoms with Gasteiger partial charge in [0.2, 0.25) is 5.56 Å². The Bertz CT molecular complexity index is 426. The van der Waals surface area contributed by atoms with E-state index in [4.69, 9.17) is 0 Å². The molecule has 1 aromatic rings. The minimum Gasteiger partial charge on any atom is -0.351 e. The van der Waals surface area contributed by atoms with Gasteiger partial charge in [-0.2, -0.15) is 11.8 Å². The van der Waals surface area contributed by atoms with E-state index in [-0.39, 0.29) is 16.2 Å². The van der Waals surface area contributed by atoms with E-state index >= 15 is 0 Å². The average molecular weight is 240 g/mol. The van der Waals surface area contributed by atoms with Crippen molar-refractivity contribution >= 4 is 17.7 Å². The predicted molar refractivity (Wildman–Crippen MR) is 67.0 cm³/mol. The molecule has 0 bridgehead atoms. The number of H-pyrrole nitrogens is 1. The van der Waals surface area contributed by atoms with Crippen molar-refractivity contribution in [3.63, 3.8) is 0 Å². The largest absolute Gasteiger partial charge is 0.351 e. The van der Waals surface area contributed by atoms with Crippen molar-refractivity contribution in [1.29, 1.82) is 0 Å². The summed E-state index contributed by atoms with van der Waals surface area (Å²) in [6.45, 7) is 4.67. The van der Waals surface area contributed by atoms with E-state index in [1.807, 2.05) is 6.26 Å². The average Bonchev–Trinajstić information content (AvgIpc) is 2.26. The molecule has 1 aromatic heterocycles. The molecule has 16 heavy (non-hydrogen) atoms. The van der Waals surface area contributed by atoms with E-state index in [0.29, 0.717) is 12.1 Å². The highest BCUT2D eigenvalue weighted by molar-refractivity contribution is 7.99. The van der Waals surface area contributed by atoms with Crippen molar-refractivity contribution in [1.82, 2.24) is 10.3 Å². The molecule has 88 valence electrons. The first-order chi connectivity index (χ1) is 7.44. The Morgan fingerprint density at radius 3 is 2.81 bits per heavy atom. The molecule has 0 aliphatic rings. The molecule has 5 heteroatoms. The molecule has 4 nitrogen and oxygen atoms in total. The molecule has 0 spiro atoms. The van der Waals surface area contributed by atoms with Gasteiger partial charge in [0.1, 0.15) is 0 Å². The fourth-order valence-electron chi connectivity index (χ4n) is 1.05. The topological polar surface area (TPSA) is 62.0 Å². The maximum absolute atomic E-state index is 11.7. The second kappa shape index (κ2) is 5.21. The summed E-state index contributed by atoms with van der Waals surface area (Å²) in [5, 5.41) is 2.80. The zero-order valence-corrected chi connectivity index (χ0v) is 10.5. The lowest BCUT2D eigenvalue weighted by Gasteiger charge is -2.22. The number of rotatable bonds is 4. The zero-order chi connectivity index (χ0) is 12.2. The zero-order valence-electron chi connectivity index (χ0n) is 9.66. The highest BCUT2D eigenvalue weighted by Gasteiger charge is 2.17. The van der Waals surface area contributed by atoms with Crippen molar-refractivity contribution in [2.75, 3.05) is 12.8 Å². The molecule has 0 unspecified atom stereocenters. The van der Waals surface area contributed by atoms with Crippen LogP contribution in [-0.4, -0.2) is 28.4 Å². The maximum Gasteiger partial charge on any atom is 0.251 e. The van der Waals surface area contributed by atoms with E-state index < -0.39 is 0 Å². The van der Waals surface area contributed by atoms with Crippen LogP contribution in [0.5, 0.6) is 0 Å². The Balaban J connectivity index is 2.63. The Hall–Kier alpha value is -1.23. The number of aromatic nitrogens is 1. The van der Waals surface area contributed by atoms with Crippen molar-refractivity contribution in [2.24, 2.45) is 0 Å². The Kier molecular flexibility index (Phi) is 4.18. The molecule has 0 radical (unpaired) electrons. The Morgan fingerprint density at radius 1 is 1.56 bits per heavy atom. The molecule has 0 saturated heterocycles. The molecule has 0 aromatic carbocycles. The van der Waals surface area contributed by atoms with Crippen LogP contribution >= 0.6 is 11.8 Å². The molecular formula is C11H16N2O2S. The third-order valence-electron chi connectivity index (χ3n) is 2.26. The van der Waals surface area contributed by atoms with Gasteiger partial charge in [0, 0.05) is 29.1 Å². The summed E-state index contributed by atoms with van der Waals surface area (Å²) in [5.74, 6) is -0.215. The molecule has 0 aliphatic heterocycles. The maximum atomic E-state index is 11.7. The summed E-state index contributed by atoms with van der Waals surface area (Å²) >= 11 is 1.68. The van der Waals surface area contributed by atoms with Crippen molar-refractivity contribution < 1.29 is 4.79 Å². The molecule has 0 aliphatic carbocycles. The number of aromatic amines is 1. The number of pyridine rings is 1. The van der Waals surface area contributed by atoms with Gasteiger partial charge < -0.3 is 10.3 Å². The first-order valence-corrected chi connectivity index (χ1v) is 6.19. The van der Waals surface area contributed by atoms with E-state index in [9.17, 15) is 9.59 Å². The van der Waals surface area contributed by atoms with E-state index in [1.165, 1.54) is 12.3 Å². The van der Waals surface area contributed by atoms with E-state index in [2.05, 4.69) is 24.1 Å². The van der Waals surface area contributed by atoms with Crippen LogP contribution in [0.3, 0.4) is 0 Å². The van der Waals surface area contributed by atoms with Crippen LogP contribution in [0.2, 0.25) is 0 Å². The Labute approximate surface area is 98.8 Å². The molecule has 1 heterocycles. The molecule has 1 amide bonds. The first kappa shape index (κ1) is 12.8. The van der Waals surface area contributed by atoms with Gasteiger partial charge in [0.05, 0.1) is 0 Å². The fraction of sp³-hybridized carbons (Fsp3) is 0.455. The van der Waals surface area contributed by atoms with Gasteiger partial charge >= 0.3 is 0 Å². The quantitative estimate of drug-likeness (QED) is 0.832. The van der Waals surface area contributed by atoms with Gasteiger partial charge in [0.25, 0.3) is 5.91 Å². The fourth-order valence-corrected chi connectivity index (χ4v) is 1.27. The summed E-state index contributed by atoms with van der Waals surface area (Å²) < 4.78 is -0.00312. The SMILES string of the molecule is CSC(C)(C)CNC(=O)c1cc[nH]c(=O)c1. The molecule has 0 fully saturated rings. The predicted octanol–water partition coefficient (Wildman–Crippen LogP) is 1.25. The van der Waals surface area contributed by atoms with Gasteiger partial charge in [-0.1, -0.05) is 0 Å². The summed E-state index contributed by atoms with van der Waals surface area (Å²) in [6, 6.07) is 2.88. The van der Waals surface area contributed by atoms with Gasteiger partial charge in [-0.3, -0.25) is 9.59 Å². The van der Waals surface area contributed by atoms with Crippen molar-refractivity contribution in [3.8, 4) is 0 Å². The van der Waals surface area contributed by atoms with Crippen LogP contribution in [0.4, 0.5) is 0 Å². The monoisotopic (exact) mass is 240 g/mol. The molecule has 0 atom stereocenters. The highest BCUT2D eigenvalue weighted by atomic mass is 32.2. The van der Waals surface area contributed by atoms with Gasteiger partial charge in [-0.05, 0) is 26.2 Å². The summed E-state index contributed by atoms with van der Waals surface area (Å²) in [6.07, 6.45) is 3.47. The normalized spacial score (nSPS) is 11.2. The van der Waals surface area contributed by atoms with Crippen LogP contribution in [0.25, 0.3) is 0 Å². The first-order valence-electron chi connectivity index (χ1n) is 4.97. The number of nitrogens with one attached hydrogen (secondary N) is 2.